The number of amides is 1. The predicted octanol–water partition coefficient (Wildman–Crippen LogP) is 2.94. The zero-order valence-corrected chi connectivity index (χ0v) is 15.9. The van der Waals surface area contributed by atoms with E-state index in [2.05, 4.69) is 59.4 Å². The molecule has 1 saturated heterocycles. The summed E-state index contributed by atoms with van der Waals surface area (Å²) >= 11 is 3.44. The number of carbonyl (C=O) groups is 1. The molecule has 2 heterocycles. The molecule has 2 N–H and O–H groups in total. The molecule has 0 aromatic carbocycles. The lowest BCUT2D eigenvalue weighted by Crippen LogP contribution is -2.62. The summed E-state index contributed by atoms with van der Waals surface area (Å²) in [7, 11) is 0. The minimum absolute atomic E-state index is 0.0218. The van der Waals surface area contributed by atoms with E-state index in [1.165, 1.54) is 0 Å². The van der Waals surface area contributed by atoms with Crippen molar-refractivity contribution in [2.24, 2.45) is 0 Å². The monoisotopic (exact) mass is 370 g/mol. The van der Waals surface area contributed by atoms with Crippen molar-refractivity contribution in [2.75, 3.05) is 0 Å². The van der Waals surface area contributed by atoms with Crippen LogP contribution in [-0.2, 0) is 4.79 Å². The number of aryl methyl sites for hydroxylation is 1. The van der Waals surface area contributed by atoms with Gasteiger partial charge in [0.15, 0.2) is 0 Å². The number of hydrogen-bond donors (Lipinski definition) is 2. The highest BCUT2D eigenvalue weighted by atomic mass is 79.9. The largest absolute Gasteiger partial charge is 0.351 e. The average Bonchev–Trinajstić information content (AvgIpc) is 2.64. The molecule has 0 unspecified atom stereocenters. The molecule has 0 spiro atoms. The van der Waals surface area contributed by atoms with Crippen LogP contribution >= 0.6 is 15.9 Å². The van der Waals surface area contributed by atoms with Gasteiger partial charge in [0.25, 0.3) is 0 Å². The summed E-state index contributed by atoms with van der Waals surface area (Å²) in [6.45, 7) is 12.5. The topological polar surface area (TPSA) is 59.0 Å². The number of nitrogens with zero attached hydrogens (tertiary/aromatic N) is 2. The van der Waals surface area contributed by atoms with Gasteiger partial charge in [-0.15, -0.1) is 0 Å². The summed E-state index contributed by atoms with van der Waals surface area (Å²) < 4.78 is 2.64. The molecule has 0 bridgehead atoms. The molecule has 1 amide bonds. The van der Waals surface area contributed by atoms with E-state index in [0.29, 0.717) is 0 Å². The molecule has 1 atom stereocenters. The Bertz CT molecular complexity index is 529. The molecule has 0 aliphatic carbocycles. The Labute approximate surface area is 141 Å². The van der Waals surface area contributed by atoms with Crippen molar-refractivity contribution in [3.63, 3.8) is 0 Å². The van der Waals surface area contributed by atoms with E-state index in [0.717, 1.165) is 23.0 Å². The summed E-state index contributed by atoms with van der Waals surface area (Å²) in [5.74, 6) is 0.0218. The Morgan fingerprint density at radius 1 is 1.41 bits per heavy atom. The summed E-state index contributed by atoms with van der Waals surface area (Å²) in [5, 5.41) is 11.2. The van der Waals surface area contributed by atoms with Gasteiger partial charge in [-0.2, -0.15) is 5.10 Å². The molecule has 1 aliphatic heterocycles. The second-order valence-corrected chi connectivity index (χ2v) is 8.58. The molecule has 2 rings (SSSR count). The van der Waals surface area contributed by atoms with Gasteiger partial charge >= 0.3 is 0 Å². The summed E-state index contributed by atoms with van der Waals surface area (Å²) in [5.41, 5.74) is 0.937. The number of hydrogen-bond acceptors (Lipinski definition) is 3. The quantitative estimate of drug-likeness (QED) is 0.859. The molecule has 1 aromatic heterocycles. The lowest BCUT2D eigenvalue weighted by Gasteiger charge is -2.46. The first-order valence-corrected chi connectivity index (χ1v) is 8.59. The van der Waals surface area contributed by atoms with Crippen LogP contribution in [0.1, 0.15) is 59.2 Å². The van der Waals surface area contributed by atoms with Crippen LogP contribution in [0, 0.1) is 6.92 Å². The van der Waals surface area contributed by atoms with Crippen LogP contribution in [0.15, 0.2) is 10.7 Å². The third-order valence-electron chi connectivity index (χ3n) is 4.17. The van der Waals surface area contributed by atoms with Gasteiger partial charge in [-0.3, -0.25) is 9.48 Å². The van der Waals surface area contributed by atoms with Crippen LogP contribution in [-0.4, -0.2) is 32.8 Å². The minimum atomic E-state index is -0.314. The molecular formula is C16H27BrN4O. The molecule has 22 heavy (non-hydrogen) atoms. The van der Waals surface area contributed by atoms with E-state index >= 15 is 0 Å². The zero-order chi connectivity index (χ0) is 16.7. The van der Waals surface area contributed by atoms with Gasteiger partial charge in [-0.25, -0.2) is 0 Å². The van der Waals surface area contributed by atoms with Crippen LogP contribution in [0.2, 0.25) is 0 Å². The van der Waals surface area contributed by atoms with E-state index in [9.17, 15) is 4.79 Å². The standard InChI is InChI=1S/C16H27BrN4O/c1-10-13(17)9-21(19-10)11(2)14(22)18-12-7-15(3,4)20-16(5,6)8-12/h9,11-12,20H,7-8H2,1-6H3,(H,18,22)/t11-/m0/s1. The second kappa shape index (κ2) is 5.96. The SMILES string of the molecule is Cc1nn([C@@H](C)C(=O)NC2CC(C)(C)NC(C)(C)C2)cc1Br. The van der Waals surface area contributed by atoms with E-state index in [1.54, 1.807) is 4.68 Å². The van der Waals surface area contributed by atoms with Crippen LogP contribution in [0.5, 0.6) is 0 Å². The van der Waals surface area contributed by atoms with Gasteiger partial charge in [-0.1, -0.05) is 0 Å². The van der Waals surface area contributed by atoms with E-state index in [4.69, 9.17) is 0 Å². The number of piperidine rings is 1. The van der Waals surface area contributed by atoms with Gasteiger partial charge in [-0.05, 0) is 70.3 Å². The average molecular weight is 371 g/mol. The summed E-state index contributed by atoms with van der Waals surface area (Å²) in [6.07, 6.45) is 3.71. The highest BCUT2D eigenvalue weighted by Crippen LogP contribution is 2.28. The number of rotatable bonds is 3. The molecule has 1 aromatic rings. The number of aromatic nitrogens is 2. The Hall–Kier alpha value is -0.880. The molecule has 6 heteroatoms. The Morgan fingerprint density at radius 2 is 1.95 bits per heavy atom. The maximum atomic E-state index is 12.5. The molecule has 124 valence electrons. The van der Waals surface area contributed by atoms with Crippen molar-refractivity contribution in [2.45, 2.75) is 77.5 Å². The number of halogens is 1. The van der Waals surface area contributed by atoms with Crippen molar-refractivity contribution in [1.29, 1.82) is 0 Å². The highest BCUT2D eigenvalue weighted by molar-refractivity contribution is 9.10. The Morgan fingerprint density at radius 3 is 2.41 bits per heavy atom. The number of nitrogens with one attached hydrogen (secondary N) is 2. The van der Waals surface area contributed by atoms with E-state index in [-0.39, 0.29) is 29.1 Å². The number of carbonyl (C=O) groups excluding carboxylic acids is 1. The van der Waals surface area contributed by atoms with E-state index < -0.39 is 0 Å². The Kier molecular flexibility index (Phi) is 4.74. The van der Waals surface area contributed by atoms with Crippen LogP contribution in [0.3, 0.4) is 0 Å². The lowest BCUT2D eigenvalue weighted by atomic mass is 9.79. The van der Waals surface area contributed by atoms with Crippen molar-refractivity contribution in [3.05, 3.63) is 16.4 Å². The van der Waals surface area contributed by atoms with Crippen LogP contribution in [0.25, 0.3) is 0 Å². The van der Waals surface area contributed by atoms with Crippen molar-refractivity contribution in [3.8, 4) is 0 Å². The van der Waals surface area contributed by atoms with Gasteiger partial charge < -0.3 is 10.6 Å². The normalized spacial score (nSPS) is 22.3. The maximum Gasteiger partial charge on any atom is 0.244 e. The summed E-state index contributed by atoms with van der Waals surface area (Å²) in [6, 6.07) is -0.132. The van der Waals surface area contributed by atoms with Gasteiger partial charge in [0, 0.05) is 23.3 Å². The second-order valence-electron chi connectivity index (χ2n) is 7.72. The highest BCUT2D eigenvalue weighted by Gasteiger charge is 2.38. The van der Waals surface area contributed by atoms with Gasteiger partial charge in [0.2, 0.25) is 5.91 Å². The predicted molar refractivity (Wildman–Crippen MR) is 91.8 cm³/mol. The fourth-order valence-electron chi connectivity index (χ4n) is 3.52. The Balaban J connectivity index is 2.05. The first-order valence-electron chi connectivity index (χ1n) is 7.80. The zero-order valence-electron chi connectivity index (χ0n) is 14.3. The van der Waals surface area contributed by atoms with Gasteiger partial charge in [0.1, 0.15) is 6.04 Å². The van der Waals surface area contributed by atoms with E-state index in [1.807, 2.05) is 20.0 Å². The fraction of sp³-hybridized carbons (Fsp3) is 0.750. The first kappa shape index (κ1) is 17.5. The molecule has 5 nitrogen and oxygen atoms in total. The van der Waals surface area contributed by atoms with Gasteiger partial charge in [0.05, 0.1) is 10.2 Å². The maximum absolute atomic E-state index is 12.5. The van der Waals surface area contributed by atoms with Crippen molar-refractivity contribution >= 4 is 21.8 Å². The molecular weight excluding hydrogens is 344 g/mol. The molecule has 0 saturated carbocycles. The first-order chi connectivity index (χ1) is 9.99. The van der Waals surface area contributed by atoms with Crippen molar-refractivity contribution in [1.82, 2.24) is 20.4 Å². The van der Waals surface area contributed by atoms with Crippen LogP contribution < -0.4 is 10.6 Å². The summed E-state index contributed by atoms with van der Waals surface area (Å²) in [4.78, 5) is 12.5. The molecule has 1 fully saturated rings. The third kappa shape index (κ3) is 4.10. The third-order valence-corrected chi connectivity index (χ3v) is 4.95. The molecule has 1 aliphatic rings. The van der Waals surface area contributed by atoms with Crippen molar-refractivity contribution < 1.29 is 4.79 Å². The minimum Gasteiger partial charge on any atom is -0.351 e. The molecule has 0 radical (unpaired) electrons. The van der Waals surface area contributed by atoms with Crippen LogP contribution in [0.4, 0.5) is 0 Å². The lowest BCUT2D eigenvalue weighted by molar-refractivity contribution is -0.125. The smallest absolute Gasteiger partial charge is 0.244 e. The fourth-order valence-corrected chi connectivity index (χ4v) is 3.81.